The van der Waals surface area contributed by atoms with E-state index in [1.807, 2.05) is 34.7 Å². The molecule has 2 aliphatic heterocycles. The number of amides is 1. The van der Waals surface area contributed by atoms with Crippen LogP contribution in [0.3, 0.4) is 0 Å². The van der Waals surface area contributed by atoms with E-state index < -0.39 is 0 Å². The molecule has 0 spiro atoms. The SMILES string of the molecule is Cn1c(C(=O)N2CCC2)cc2ccc(B3OC(C)(C)C(C)(C)O3)cc21. The molecule has 4 rings (SSSR count). The number of hydrogen-bond donors (Lipinski definition) is 0. The van der Waals surface area contributed by atoms with Gasteiger partial charge in [0.25, 0.3) is 5.91 Å². The van der Waals surface area contributed by atoms with Gasteiger partial charge in [-0.1, -0.05) is 12.1 Å². The normalized spacial score (nSPS) is 21.6. The van der Waals surface area contributed by atoms with Gasteiger partial charge in [0.15, 0.2) is 0 Å². The lowest BCUT2D eigenvalue weighted by molar-refractivity contribution is 0.00578. The molecule has 0 atom stereocenters. The zero-order chi connectivity index (χ0) is 18.0. The molecule has 0 bridgehead atoms. The van der Waals surface area contributed by atoms with Crippen molar-refractivity contribution >= 4 is 29.4 Å². The molecule has 6 heteroatoms. The first kappa shape index (κ1) is 16.7. The monoisotopic (exact) mass is 340 g/mol. The summed E-state index contributed by atoms with van der Waals surface area (Å²) >= 11 is 0. The topological polar surface area (TPSA) is 43.7 Å². The quantitative estimate of drug-likeness (QED) is 0.788. The number of carbonyl (C=O) groups excluding carboxylic acids is 1. The van der Waals surface area contributed by atoms with Crippen LogP contribution in [0, 0.1) is 0 Å². The molecule has 1 aromatic heterocycles. The predicted molar refractivity (Wildman–Crippen MR) is 99.2 cm³/mol. The molecule has 0 radical (unpaired) electrons. The van der Waals surface area contributed by atoms with Crippen LogP contribution in [0.15, 0.2) is 24.3 Å². The molecule has 0 N–H and O–H groups in total. The molecule has 2 aliphatic rings. The molecule has 0 saturated carbocycles. The Morgan fingerprint density at radius 1 is 1.08 bits per heavy atom. The molecular weight excluding hydrogens is 315 g/mol. The van der Waals surface area contributed by atoms with Crippen LogP contribution in [-0.4, -0.2) is 46.8 Å². The summed E-state index contributed by atoms with van der Waals surface area (Å²) in [6, 6.07) is 8.12. The molecule has 3 heterocycles. The lowest BCUT2D eigenvalue weighted by Crippen LogP contribution is -2.42. The second kappa shape index (κ2) is 5.35. The van der Waals surface area contributed by atoms with Gasteiger partial charge in [-0.05, 0) is 51.7 Å². The number of nitrogens with zero attached hydrogens (tertiary/aromatic N) is 2. The van der Waals surface area contributed by atoms with Gasteiger partial charge >= 0.3 is 7.12 Å². The first-order valence-electron chi connectivity index (χ1n) is 8.94. The summed E-state index contributed by atoms with van der Waals surface area (Å²) < 4.78 is 14.3. The third kappa shape index (κ3) is 2.50. The van der Waals surface area contributed by atoms with Gasteiger partial charge in [-0.25, -0.2) is 0 Å². The number of fused-ring (bicyclic) bond motifs is 1. The fourth-order valence-corrected chi connectivity index (χ4v) is 3.36. The summed E-state index contributed by atoms with van der Waals surface area (Å²) in [6.07, 6.45) is 1.10. The van der Waals surface area contributed by atoms with Gasteiger partial charge in [0.2, 0.25) is 0 Å². The van der Waals surface area contributed by atoms with Crippen LogP contribution in [0.25, 0.3) is 10.9 Å². The van der Waals surface area contributed by atoms with Crippen LogP contribution in [0.4, 0.5) is 0 Å². The number of likely N-dealkylation sites (tertiary alicyclic amines) is 1. The second-order valence-electron chi connectivity index (χ2n) is 8.14. The van der Waals surface area contributed by atoms with Crippen LogP contribution in [-0.2, 0) is 16.4 Å². The van der Waals surface area contributed by atoms with Crippen molar-refractivity contribution < 1.29 is 14.1 Å². The van der Waals surface area contributed by atoms with Crippen molar-refractivity contribution in [1.82, 2.24) is 9.47 Å². The fourth-order valence-electron chi connectivity index (χ4n) is 3.36. The largest absolute Gasteiger partial charge is 0.494 e. The van der Waals surface area contributed by atoms with Gasteiger partial charge in [0.05, 0.1) is 11.2 Å². The van der Waals surface area contributed by atoms with Crippen LogP contribution in [0.5, 0.6) is 0 Å². The van der Waals surface area contributed by atoms with Crippen molar-refractivity contribution in [3.63, 3.8) is 0 Å². The fraction of sp³-hybridized carbons (Fsp3) is 0.526. The first-order chi connectivity index (χ1) is 11.7. The Labute approximate surface area is 149 Å². The second-order valence-corrected chi connectivity index (χ2v) is 8.14. The smallest absolute Gasteiger partial charge is 0.399 e. The van der Waals surface area contributed by atoms with E-state index in [1.165, 1.54) is 0 Å². The molecule has 2 saturated heterocycles. The van der Waals surface area contributed by atoms with Crippen molar-refractivity contribution in [3.05, 3.63) is 30.0 Å². The highest BCUT2D eigenvalue weighted by molar-refractivity contribution is 6.62. The third-order valence-corrected chi connectivity index (χ3v) is 5.96. The van der Waals surface area contributed by atoms with E-state index in [0.717, 1.165) is 41.6 Å². The van der Waals surface area contributed by atoms with Gasteiger partial charge in [-0.15, -0.1) is 0 Å². The Morgan fingerprint density at radius 3 is 2.28 bits per heavy atom. The van der Waals surface area contributed by atoms with Gasteiger partial charge in [-0.2, -0.15) is 0 Å². The third-order valence-electron chi connectivity index (χ3n) is 5.96. The maximum Gasteiger partial charge on any atom is 0.494 e. The summed E-state index contributed by atoms with van der Waals surface area (Å²) in [5, 5.41) is 1.06. The zero-order valence-corrected chi connectivity index (χ0v) is 15.6. The average molecular weight is 340 g/mol. The minimum absolute atomic E-state index is 0.113. The standard InChI is InChI=1S/C19H25BN2O3/c1-18(2)19(3,4)25-20(24-18)14-8-7-13-11-16(21(5)15(13)12-14)17(23)22-9-6-10-22/h7-8,11-12H,6,9-10H2,1-5H3. The van der Waals surface area contributed by atoms with Gasteiger partial charge in [0, 0.05) is 31.0 Å². The Hall–Kier alpha value is -1.79. The molecular formula is C19H25BN2O3. The highest BCUT2D eigenvalue weighted by Gasteiger charge is 2.51. The lowest BCUT2D eigenvalue weighted by atomic mass is 9.79. The molecule has 2 fully saturated rings. The summed E-state index contributed by atoms with van der Waals surface area (Å²) in [5.41, 5.74) is 2.02. The van der Waals surface area contributed by atoms with Crippen molar-refractivity contribution in [3.8, 4) is 0 Å². The predicted octanol–water partition coefficient (Wildman–Crippen LogP) is 2.32. The van der Waals surface area contributed by atoms with E-state index in [4.69, 9.17) is 9.31 Å². The van der Waals surface area contributed by atoms with Crippen molar-refractivity contribution in [1.29, 1.82) is 0 Å². The molecule has 0 aliphatic carbocycles. The van der Waals surface area contributed by atoms with Gasteiger partial charge in [-0.3, -0.25) is 4.79 Å². The van der Waals surface area contributed by atoms with Crippen molar-refractivity contribution in [2.24, 2.45) is 7.05 Å². The molecule has 25 heavy (non-hydrogen) atoms. The highest BCUT2D eigenvalue weighted by Crippen LogP contribution is 2.36. The van der Waals surface area contributed by atoms with Gasteiger partial charge in [0.1, 0.15) is 5.69 Å². The number of aryl methyl sites for hydroxylation is 1. The average Bonchev–Trinajstić information content (AvgIpc) is 2.91. The Morgan fingerprint density at radius 2 is 1.72 bits per heavy atom. The molecule has 1 amide bonds. The first-order valence-corrected chi connectivity index (χ1v) is 8.94. The van der Waals surface area contributed by atoms with Crippen LogP contribution in [0.2, 0.25) is 0 Å². The molecule has 1 aromatic carbocycles. The number of aromatic nitrogens is 1. The van der Waals surface area contributed by atoms with E-state index in [9.17, 15) is 4.79 Å². The van der Waals surface area contributed by atoms with Crippen LogP contribution in [0.1, 0.15) is 44.6 Å². The van der Waals surface area contributed by atoms with Crippen LogP contribution < -0.4 is 5.46 Å². The number of benzene rings is 1. The zero-order valence-electron chi connectivity index (χ0n) is 15.6. The Bertz CT molecular complexity index is 836. The van der Waals surface area contributed by atoms with E-state index in [0.29, 0.717) is 0 Å². The molecule has 2 aromatic rings. The van der Waals surface area contributed by atoms with E-state index in [-0.39, 0.29) is 24.2 Å². The Kier molecular flexibility index (Phi) is 3.57. The summed E-state index contributed by atoms with van der Waals surface area (Å²) in [7, 11) is 1.56. The summed E-state index contributed by atoms with van der Waals surface area (Å²) in [6.45, 7) is 9.94. The number of hydrogen-bond acceptors (Lipinski definition) is 3. The highest BCUT2D eigenvalue weighted by atomic mass is 16.7. The van der Waals surface area contributed by atoms with E-state index in [2.05, 4.69) is 33.8 Å². The Balaban J connectivity index is 1.69. The number of carbonyl (C=O) groups is 1. The molecule has 5 nitrogen and oxygen atoms in total. The molecule has 0 unspecified atom stereocenters. The van der Waals surface area contributed by atoms with E-state index >= 15 is 0 Å². The van der Waals surface area contributed by atoms with Crippen molar-refractivity contribution in [2.75, 3.05) is 13.1 Å². The molecule has 132 valence electrons. The minimum atomic E-state index is -0.390. The minimum Gasteiger partial charge on any atom is -0.399 e. The lowest BCUT2D eigenvalue weighted by Gasteiger charge is -2.32. The summed E-state index contributed by atoms with van der Waals surface area (Å²) in [4.78, 5) is 14.5. The van der Waals surface area contributed by atoms with Crippen LogP contribution >= 0.6 is 0 Å². The van der Waals surface area contributed by atoms with Crippen molar-refractivity contribution in [2.45, 2.75) is 45.3 Å². The number of rotatable bonds is 2. The maximum atomic E-state index is 12.6. The maximum absolute atomic E-state index is 12.6. The summed E-state index contributed by atoms with van der Waals surface area (Å²) in [5.74, 6) is 0.113. The van der Waals surface area contributed by atoms with Gasteiger partial charge < -0.3 is 18.8 Å². The van der Waals surface area contributed by atoms with E-state index in [1.54, 1.807) is 0 Å².